The van der Waals surface area contributed by atoms with Crippen molar-refractivity contribution in [3.63, 3.8) is 0 Å². The fraction of sp³-hybridized carbons (Fsp3) is 0.154. The van der Waals surface area contributed by atoms with Gasteiger partial charge in [-0.3, -0.25) is 0 Å². The number of aryl methyl sites for hydroxylation is 1. The first-order valence-corrected chi connectivity index (χ1v) is 10.0. The summed E-state index contributed by atoms with van der Waals surface area (Å²) in [7, 11) is 1.59. The van der Waals surface area contributed by atoms with Crippen molar-refractivity contribution in [2.75, 3.05) is 7.11 Å². The summed E-state index contributed by atoms with van der Waals surface area (Å²) in [5.41, 5.74) is 3.91. The van der Waals surface area contributed by atoms with E-state index in [2.05, 4.69) is 4.99 Å². The molecule has 31 heavy (non-hydrogen) atoms. The van der Waals surface area contributed by atoms with Gasteiger partial charge in [-0.15, -0.1) is 0 Å². The number of benzene rings is 3. The van der Waals surface area contributed by atoms with Gasteiger partial charge in [0, 0.05) is 5.56 Å². The van der Waals surface area contributed by atoms with Crippen molar-refractivity contribution in [3.05, 3.63) is 101 Å². The number of methoxy groups -OCH3 is 1. The van der Waals surface area contributed by atoms with Gasteiger partial charge in [-0.1, -0.05) is 54.1 Å². The van der Waals surface area contributed by atoms with E-state index in [1.165, 1.54) is 0 Å². The minimum Gasteiger partial charge on any atom is -0.493 e. The highest BCUT2D eigenvalue weighted by molar-refractivity contribution is 6.12. The Balaban J connectivity index is 1.57. The van der Waals surface area contributed by atoms with Crippen LogP contribution in [0.1, 0.15) is 35.3 Å². The van der Waals surface area contributed by atoms with Gasteiger partial charge in [0.25, 0.3) is 0 Å². The van der Waals surface area contributed by atoms with Crippen molar-refractivity contribution in [2.24, 2.45) is 4.99 Å². The topological polar surface area (TPSA) is 57.1 Å². The van der Waals surface area contributed by atoms with Crippen LogP contribution >= 0.6 is 0 Å². The van der Waals surface area contributed by atoms with Crippen LogP contribution < -0.4 is 9.47 Å². The molecule has 3 aromatic rings. The standard InChI is InChI=1S/C26H23NO4/c1-17-8-7-11-21(14-17)25-27-22(26(28)31-25)15-19-12-13-23(24(16-19)29-3)30-18(2)20-9-5-4-6-10-20/h4-16,18H,1-3H3. The van der Waals surface area contributed by atoms with Crippen molar-refractivity contribution < 1.29 is 19.0 Å². The largest absolute Gasteiger partial charge is 0.493 e. The number of carbonyl (C=O) groups is 1. The minimum absolute atomic E-state index is 0.134. The summed E-state index contributed by atoms with van der Waals surface area (Å²) < 4.78 is 17.0. The van der Waals surface area contributed by atoms with E-state index in [1.807, 2.05) is 86.6 Å². The molecule has 5 nitrogen and oxygen atoms in total. The highest BCUT2D eigenvalue weighted by Gasteiger charge is 2.24. The quantitative estimate of drug-likeness (QED) is 0.396. The third-order valence-electron chi connectivity index (χ3n) is 4.95. The lowest BCUT2D eigenvalue weighted by molar-refractivity contribution is -0.129. The molecule has 4 rings (SSSR count). The van der Waals surface area contributed by atoms with E-state index in [9.17, 15) is 4.79 Å². The number of hydrogen-bond acceptors (Lipinski definition) is 5. The van der Waals surface area contributed by atoms with Gasteiger partial charge >= 0.3 is 5.97 Å². The van der Waals surface area contributed by atoms with Crippen molar-refractivity contribution >= 4 is 17.9 Å². The predicted octanol–water partition coefficient (Wildman–Crippen LogP) is 5.49. The number of esters is 1. The van der Waals surface area contributed by atoms with Gasteiger partial charge in [0.05, 0.1) is 7.11 Å². The minimum atomic E-state index is -0.478. The number of cyclic esters (lactones) is 1. The Morgan fingerprint density at radius 2 is 1.77 bits per heavy atom. The number of aliphatic imine (C=N–C) groups is 1. The van der Waals surface area contributed by atoms with Gasteiger partial charge in [-0.25, -0.2) is 9.79 Å². The van der Waals surface area contributed by atoms with Crippen LogP contribution in [0.4, 0.5) is 0 Å². The molecule has 1 heterocycles. The Morgan fingerprint density at radius 3 is 2.52 bits per heavy atom. The van der Waals surface area contributed by atoms with Gasteiger partial charge in [-0.2, -0.15) is 0 Å². The monoisotopic (exact) mass is 413 g/mol. The summed E-state index contributed by atoms with van der Waals surface area (Å²) in [5, 5.41) is 0. The van der Waals surface area contributed by atoms with E-state index >= 15 is 0 Å². The number of ether oxygens (including phenoxy) is 3. The highest BCUT2D eigenvalue weighted by atomic mass is 16.6. The Hall–Kier alpha value is -3.86. The molecule has 0 saturated heterocycles. The van der Waals surface area contributed by atoms with Gasteiger partial charge in [0.1, 0.15) is 6.10 Å². The fourth-order valence-electron chi connectivity index (χ4n) is 3.32. The summed E-state index contributed by atoms with van der Waals surface area (Å²) in [6, 6.07) is 23.1. The predicted molar refractivity (Wildman–Crippen MR) is 120 cm³/mol. The average Bonchev–Trinajstić information content (AvgIpc) is 3.15. The second kappa shape index (κ2) is 8.88. The first-order chi connectivity index (χ1) is 15.0. The normalized spacial score (nSPS) is 15.4. The van der Waals surface area contributed by atoms with E-state index in [-0.39, 0.29) is 11.8 Å². The fourth-order valence-corrected chi connectivity index (χ4v) is 3.32. The lowest BCUT2D eigenvalue weighted by Crippen LogP contribution is -2.05. The molecule has 1 aliphatic rings. The maximum Gasteiger partial charge on any atom is 0.363 e. The third-order valence-corrected chi connectivity index (χ3v) is 4.95. The summed E-state index contributed by atoms with van der Waals surface area (Å²) in [6.07, 6.45) is 1.54. The highest BCUT2D eigenvalue weighted by Crippen LogP contribution is 2.33. The van der Waals surface area contributed by atoms with Crippen molar-refractivity contribution in [1.82, 2.24) is 0 Å². The molecule has 1 unspecified atom stereocenters. The summed E-state index contributed by atoms with van der Waals surface area (Å²) >= 11 is 0. The van der Waals surface area contributed by atoms with Crippen LogP contribution in [0.25, 0.3) is 6.08 Å². The van der Waals surface area contributed by atoms with Gasteiger partial charge in [-0.05, 0) is 55.3 Å². The molecule has 1 aliphatic heterocycles. The van der Waals surface area contributed by atoms with Crippen LogP contribution in [-0.2, 0) is 9.53 Å². The molecule has 0 amide bonds. The molecule has 0 aromatic heterocycles. The van der Waals surface area contributed by atoms with Crippen LogP contribution in [0.5, 0.6) is 11.5 Å². The summed E-state index contributed by atoms with van der Waals surface area (Å²) in [6.45, 7) is 3.97. The Kier molecular flexibility index (Phi) is 5.85. The van der Waals surface area contributed by atoms with Crippen LogP contribution in [0, 0.1) is 6.92 Å². The molecule has 3 aromatic carbocycles. The molecule has 5 heteroatoms. The van der Waals surface area contributed by atoms with Crippen LogP contribution in [0.2, 0.25) is 0 Å². The maximum atomic E-state index is 12.3. The van der Waals surface area contributed by atoms with Crippen molar-refractivity contribution in [3.8, 4) is 11.5 Å². The Bertz CT molecular complexity index is 1170. The molecular formula is C26H23NO4. The molecular weight excluding hydrogens is 390 g/mol. The molecule has 0 bridgehead atoms. The molecule has 0 spiro atoms. The zero-order chi connectivity index (χ0) is 21.8. The maximum absolute atomic E-state index is 12.3. The van der Waals surface area contributed by atoms with Crippen LogP contribution in [-0.4, -0.2) is 19.0 Å². The molecule has 156 valence electrons. The van der Waals surface area contributed by atoms with E-state index in [0.29, 0.717) is 17.4 Å². The van der Waals surface area contributed by atoms with E-state index in [0.717, 1.165) is 22.3 Å². The van der Waals surface area contributed by atoms with E-state index in [4.69, 9.17) is 14.2 Å². The van der Waals surface area contributed by atoms with Gasteiger partial charge in [0.2, 0.25) is 5.90 Å². The zero-order valence-corrected chi connectivity index (χ0v) is 17.7. The molecule has 0 saturated carbocycles. The first-order valence-electron chi connectivity index (χ1n) is 10.0. The number of rotatable bonds is 6. The zero-order valence-electron chi connectivity index (χ0n) is 17.7. The SMILES string of the molecule is COc1cc(C=C2N=C(c3cccc(C)c3)OC2=O)ccc1OC(C)c1ccccc1. The Morgan fingerprint density at radius 1 is 0.968 bits per heavy atom. The lowest BCUT2D eigenvalue weighted by Gasteiger charge is -2.17. The number of hydrogen-bond donors (Lipinski definition) is 0. The van der Waals surface area contributed by atoms with Crippen molar-refractivity contribution in [1.29, 1.82) is 0 Å². The van der Waals surface area contributed by atoms with Crippen LogP contribution in [0.15, 0.2) is 83.5 Å². The lowest BCUT2D eigenvalue weighted by atomic mass is 10.1. The molecule has 0 N–H and O–H groups in total. The Labute approximate surface area is 181 Å². The molecule has 1 atom stereocenters. The van der Waals surface area contributed by atoms with Crippen LogP contribution in [0.3, 0.4) is 0 Å². The smallest absolute Gasteiger partial charge is 0.363 e. The van der Waals surface area contributed by atoms with Crippen molar-refractivity contribution in [2.45, 2.75) is 20.0 Å². The summed E-state index contributed by atoms with van der Waals surface area (Å²) in [4.78, 5) is 16.7. The second-order valence-corrected chi connectivity index (χ2v) is 7.29. The third kappa shape index (κ3) is 4.67. The summed E-state index contributed by atoms with van der Waals surface area (Å²) in [5.74, 6) is 1.03. The van der Waals surface area contributed by atoms with E-state index < -0.39 is 5.97 Å². The molecule has 0 radical (unpaired) electrons. The van der Waals surface area contributed by atoms with E-state index in [1.54, 1.807) is 13.2 Å². The number of nitrogens with zero attached hydrogens (tertiary/aromatic N) is 1. The number of carbonyl (C=O) groups excluding carboxylic acids is 1. The average molecular weight is 413 g/mol. The second-order valence-electron chi connectivity index (χ2n) is 7.29. The molecule has 0 fully saturated rings. The first kappa shape index (κ1) is 20.4. The van der Waals surface area contributed by atoms with Gasteiger partial charge in [0.15, 0.2) is 17.2 Å². The van der Waals surface area contributed by atoms with Gasteiger partial charge < -0.3 is 14.2 Å². The molecule has 0 aliphatic carbocycles.